The van der Waals surface area contributed by atoms with Crippen LogP contribution in [0.3, 0.4) is 0 Å². The summed E-state index contributed by atoms with van der Waals surface area (Å²) in [6.07, 6.45) is 7.80. The van der Waals surface area contributed by atoms with Crippen LogP contribution >= 0.6 is 0 Å². The molecule has 0 heterocycles. The molecule has 1 aromatic carbocycles. The first-order chi connectivity index (χ1) is 10.9. The van der Waals surface area contributed by atoms with Crippen LogP contribution in [0.25, 0.3) is 6.08 Å². The first-order valence-corrected chi connectivity index (χ1v) is 7.89. The Morgan fingerprint density at radius 3 is 2.70 bits per heavy atom. The Kier molecular flexibility index (Phi) is 5.61. The number of aromatic hydroxyl groups is 1. The Hall–Kier alpha value is -2.07. The van der Waals surface area contributed by atoms with Gasteiger partial charge in [-0.3, -0.25) is 0 Å². The molecule has 1 aliphatic carbocycles. The van der Waals surface area contributed by atoms with E-state index in [0.717, 1.165) is 24.8 Å². The van der Waals surface area contributed by atoms with Gasteiger partial charge in [0.05, 0.1) is 5.60 Å². The van der Waals surface area contributed by atoms with Crippen molar-refractivity contribution in [2.45, 2.75) is 38.7 Å². The summed E-state index contributed by atoms with van der Waals surface area (Å²) >= 11 is 0. The van der Waals surface area contributed by atoms with Gasteiger partial charge in [-0.15, -0.1) is 0 Å². The third-order valence-corrected chi connectivity index (χ3v) is 4.33. The number of ether oxygens (including phenoxy) is 1. The van der Waals surface area contributed by atoms with Crippen LogP contribution < -0.4 is 0 Å². The highest BCUT2D eigenvalue weighted by atomic mass is 16.5. The summed E-state index contributed by atoms with van der Waals surface area (Å²) in [5.41, 5.74) is 1.13. The van der Waals surface area contributed by atoms with E-state index in [1.54, 1.807) is 37.3 Å². The number of hydrogen-bond donors (Lipinski definition) is 2. The molecule has 0 bridgehead atoms. The molecule has 1 aromatic rings. The quantitative estimate of drug-likeness (QED) is 0.496. The molecule has 0 radical (unpaired) electrons. The number of phenolic OH excluding ortho intramolecular Hbond substituents is 1. The minimum atomic E-state index is -1.01. The zero-order chi connectivity index (χ0) is 16.9. The van der Waals surface area contributed by atoms with Crippen molar-refractivity contribution < 1.29 is 19.7 Å². The fourth-order valence-electron chi connectivity index (χ4n) is 2.66. The summed E-state index contributed by atoms with van der Waals surface area (Å²) in [6, 6.07) is 6.50. The topological polar surface area (TPSA) is 66.8 Å². The maximum absolute atomic E-state index is 11.8. The van der Waals surface area contributed by atoms with E-state index in [0.29, 0.717) is 0 Å². The van der Waals surface area contributed by atoms with E-state index in [-0.39, 0.29) is 18.3 Å². The van der Waals surface area contributed by atoms with Crippen molar-refractivity contribution in [2.24, 2.45) is 5.92 Å². The Labute approximate surface area is 137 Å². The number of benzene rings is 1. The molecule has 0 amide bonds. The van der Waals surface area contributed by atoms with Gasteiger partial charge in [-0.25, -0.2) is 4.79 Å². The number of carbonyl (C=O) groups excluding carboxylic acids is 1. The maximum atomic E-state index is 11.8. The number of rotatable bonds is 5. The van der Waals surface area contributed by atoms with Crippen molar-refractivity contribution >= 4 is 12.0 Å². The number of carbonyl (C=O) groups is 1. The monoisotopic (exact) mass is 316 g/mol. The van der Waals surface area contributed by atoms with Gasteiger partial charge in [0, 0.05) is 6.08 Å². The minimum Gasteiger partial charge on any atom is -0.508 e. The molecule has 2 atom stereocenters. The molecule has 124 valence electrons. The molecule has 0 spiro atoms. The zero-order valence-corrected chi connectivity index (χ0v) is 13.7. The van der Waals surface area contributed by atoms with Gasteiger partial charge in [0.1, 0.15) is 12.4 Å². The first kappa shape index (κ1) is 17.3. The van der Waals surface area contributed by atoms with Crippen molar-refractivity contribution in [1.29, 1.82) is 0 Å². The molecule has 1 unspecified atom stereocenters. The molecule has 0 saturated carbocycles. The molecule has 0 fully saturated rings. The predicted molar refractivity (Wildman–Crippen MR) is 89.8 cm³/mol. The van der Waals surface area contributed by atoms with Crippen LogP contribution in [0.15, 0.2) is 42.0 Å². The smallest absolute Gasteiger partial charge is 0.330 e. The molecule has 0 aliphatic heterocycles. The lowest BCUT2D eigenvalue weighted by Crippen LogP contribution is -2.40. The van der Waals surface area contributed by atoms with Crippen LogP contribution in [-0.2, 0) is 9.53 Å². The molecule has 2 rings (SSSR count). The number of phenols is 1. The van der Waals surface area contributed by atoms with Gasteiger partial charge in [-0.2, -0.15) is 0 Å². The van der Waals surface area contributed by atoms with Crippen LogP contribution in [0.5, 0.6) is 5.75 Å². The Morgan fingerprint density at radius 2 is 2.09 bits per heavy atom. The van der Waals surface area contributed by atoms with Crippen LogP contribution in [-0.4, -0.2) is 28.4 Å². The lowest BCUT2D eigenvalue weighted by Gasteiger charge is -2.34. The van der Waals surface area contributed by atoms with E-state index >= 15 is 0 Å². The Bertz CT molecular complexity index is 596. The standard InChI is InChI=1S/C19H24O4/c1-14-3-8-16(9-4-14)19(2,22)13-23-18(21)12-7-15-5-10-17(20)11-6-15/h3,5-7,10-12,16,20,22H,4,8-9,13H2,1-2H3/b12-7-/t16-,19?/m0/s1. The molecule has 23 heavy (non-hydrogen) atoms. The SMILES string of the molecule is CC1=CC[C@H](C(C)(O)COC(=O)/C=C\c2ccc(O)cc2)CC1. The van der Waals surface area contributed by atoms with Crippen molar-refractivity contribution in [3.63, 3.8) is 0 Å². The summed E-state index contributed by atoms with van der Waals surface area (Å²) in [4.78, 5) is 11.8. The summed E-state index contributed by atoms with van der Waals surface area (Å²) < 4.78 is 5.19. The van der Waals surface area contributed by atoms with E-state index in [2.05, 4.69) is 13.0 Å². The van der Waals surface area contributed by atoms with Gasteiger partial charge in [0.2, 0.25) is 0 Å². The third-order valence-electron chi connectivity index (χ3n) is 4.33. The molecular formula is C19H24O4. The Balaban J connectivity index is 1.84. The number of hydrogen-bond acceptors (Lipinski definition) is 4. The van der Waals surface area contributed by atoms with Gasteiger partial charge < -0.3 is 14.9 Å². The summed E-state index contributed by atoms with van der Waals surface area (Å²) in [7, 11) is 0. The molecular weight excluding hydrogens is 292 g/mol. The highest BCUT2D eigenvalue weighted by molar-refractivity contribution is 5.87. The van der Waals surface area contributed by atoms with Gasteiger partial charge >= 0.3 is 5.97 Å². The van der Waals surface area contributed by atoms with Crippen molar-refractivity contribution in [1.82, 2.24) is 0 Å². The molecule has 2 N–H and O–H groups in total. The van der Waals surface area contributed by atoms with Gasteiger partial charge in [0.25, 0.3) is 0 Å². The van der Waals surface area contributed by atoms with E-state index < -0.39 is 11.6 Å². The fraction of sp³-hybridized carbons (Fsp3) is 0.421. The van der Waals surface area contributed by atoms with Crippen LogP contribution in [0.2, 0.25) is 0 Å². The second-order valence-electron chi connectivity index (χ2n) is 6.41. The molecule has 0 aromatic heterocycles. The minimum absolute atomic E-state index is 0.0106. The largest absolute Gasteiger partial charge is 0.508 e. The van der Waals surface area contributed by atoms with Crippen molar-refractivity contribution in [3.8, 4) is 5.75 Å². The summed E-state index contributed by atoms with van der Waals surface area (Å²) in [5.74, 6) is -0.196. The van der Waals surface area contributed by atoms with E-state index in [9.17, 15) is 15.0 Å². The molecule has 0 saturated heterocycles. The normalized spacial score (nSPS) is 20.8. The van der Waals surface area contributed by atoms with E-state index in [1.807, 2.05) is 0 Å². The summed E-state index contributed by atoms with van der Waals surface area (Å²) in [5, 5.41) is 19.7. The second-order valence-corrected chi connectivity index (χ2v) is 6.41. The highest BCUT2D eigenvalue weighted by Crippen LogP contribution is 2.32. The van der Waals surface area contributed by atoms with E-state index in [4.69, 9.17) is 4.74 Å². The molecule has 4 nitrogen and oxygen atoms in total. The fourth-order valence-corrected chi connectivity index (χ4v) is 2.66. The van der Waals surface area contributed by atoms with Crippen molar-refractivity contribution in [2.75, 3.05) is 6.61 Å². The van der Waals surface area contributed by atoms with Gasteiger partial charge in [-0.1, -0.05) is 23.8 Å². The molecule has 4 heteroatoms. The number of aliphatic hydroxyl groups is 1. The average molecular weight is 316 g/mol. The second kappa shape index (κ2) is 7.47. The van der Waals surface area contributed by atoms with Gasteiger partial charge in [-0.05, 0) is 62.8 Å². The Morgan fingerprint density at radius 1 is 1.39 bits per heavy atom. The van der Waals surface area contributed by atoms with E-state index in [1.165, 1.54) is 11.6 Å². The predicted octanol–water partition coefficient (Wildman–Crippen LogP) is 3.45. The average Bonchev–Trinajstić information content (AvgIpc) is 2.53. The number of esters is 1. The first-order valence-electron chi connectivity index (χ1n) is 7.89. The highest BCUT2D eigenvalue weighted by Gasteiger charge is 2.33. The maximum Gasteiger partial charge on any atom is 0.330 e. The van der Waals surface area contributed by atoms with Crippen LogP contribution in [0.1, 0.15) is 38.7 Å². The van der Waals surface area contributed by atoms with Gasteiger partial charge in [0.15, 0.2) is 0 Å². The lowest BCUT2D eigenvalue weighted by atomic mass is 9.79. The third kappa shape index (κ3) is 5.25. The van der Waals surface area contributed by atoms with Crippen molar-refractivity contribution in [3.05, 3.63) is 47.6 Å². The van der Waals surface area contributed by atoms with Crippen LogP contribution in [0, 0.1) is 5.92 Å². The lowest BCUT2D eigenvalue weighted by molar-refractivity contribution is -0.148. The molecule has 1 aliphatic rings. The van der Waals surface area contributed by atoms with Crippen LogP contribution in [0.4, 0.5) is 0 Å². The zero-order valence-electron chi connectivity index (χ0n) is 13.7. The number of allylic oxidation sites excluding steroid dienone is 2. The summed E-state index contributed by atoms with van der Waals surface area (Å²) in [6.45, 7) is 3.81.